The predicted molar refractivity (Wildman–Crippen MR) is 54.8 cm³/mol. The van der Waals surface area contributed by atoms with E-state index in [1.165, 1.54) is 5.56 Å². The predicted octanol–water partition coefficient (Wildman–Crippen LogP) is 2.71. The maximum atomic E-state index is 6.01. The fourth-order valence-corrected chi connectivity index (χ4v) is 1.98. The van der Waals surface area contributed by atoms with E-state index in [0.717, 1.165) is 30.8 Å². The Labute approximate surface area is 82.9 Å². The van der Waals surface area contributed by atoms with Gasteiger partial charge in [0.05, 0.1) is 12.1 Å². The first-order valence-corrected chi connectivity index (χ1v) is 4.80. The second-order valence-corrected chi connectivity index (χ2v) is 3.54. The third-order valence-electron chi connectivity index (χ3n) is 2.34. The molecule has 0 unspecified atom stereocenters. The number of rotatable bonds is 1. The average molecular weight is 198 g/mol. The first-order valence-electron chi connectivity index (χ1n) is 4.42. The molecule has 1 aliphatic rings. The van der Waals surface area contributed by atoms with Crippen molar-refractivity contribution in [2.45, 2.75) is 12.8 Å². The van der Waals surface area contributed by atoms with Crippen LogP contribution in [0.2, 0.25) is 5.02 Å². The third-order valence-corrected chi connectivity index (χ3v) is 2.63. The van der Waals surface area contributed by atoms with Crippen molar-refractivity contribution < 1.29 is 4.74 Å². The first-order chi connectivity index (χ1) is 6.33. The normalized spacial score (nSPS) is 14.6. The lowest BCUT2D eigenvalue weighted by atomic mass is 10.0. The molecule has 1 N–H and O–H groups in total. The average Bonchev–Trinajstić information content (AvgIpc) is 2.18. The zero-order valence-corrected chi connectivity index (χ0v) is 8.32. The smallest absolute Gasteiger partial charge is 0.142 e. The lowest BCUT2D eigenvalue weighted by molar-refractivity contribution is 0.409. The quantitative estimate of drug-likeness (QED) is 0.748. The Morgan fingerprint density at radius 1 is 1.46 bits per heavy atom. The molecule has 2 rings (SSSR count). The standard InChI is InChI=1S/C10H12ClNO/c1-13-10-7-3-2-6-12-9(7)5-4-8(10)11/h4-5,12H,2-3,6H2,1H3. The molecule has 0 spiro atoms. The maximum absolute atomic E-state index is 6.01. The van der Waals surface area contributed by atoms with Gasteiger partial charge in [-0.15, -0.1) is 0 Å². The van der Waals surface area contributed by atoms with E-state index < -0.39 is 0 Å². The highest BCUT2D eigenvalue weighted by atomic mass is 35.5. The Hall–Kier alpha value is -0.890. The molecule has 0 aromatic heterocycles. The number of nitrogens with one attached hydrogen (secondary N) is 1. The van der Waals surface area contributed by atoms with Gasteiger partial charge < -0.3 is 10.1 Å². The topological polar surface area (TPSA) is 21.3 Å². The van der Waals surface area contributed by atoms with Crippen molar-refractivity contribution in [2.75, 3.05) is 19.0 Å². The molecular weight excluding hydrogens is 186 g/mol. The molecule has 1 aliphatic heterocycles. The highest BCUT2D eigenvalue weighted by Crippen LogP contribution is 2.36. The Morgan fingerprint density at radius 3 is 3.08 bits per heavy atom. The number of methoxy groups -OCH3 is 1. The van der Waals surface area contributed by atoms with E-state index >= 15 is 0 Å². The highest BCUT2D eigenvalue weighted by Gasteiger charge is 2.15. The lowest BCUT2D eigenvalue weighted by Crippen LogP contribution is -2.12. The maximum Gasteiger partial charge on any atom is 0.142 e. The Morgan fingerprint density at radius 2 is 2.31 bits per heavy atom. The summed E-state index contributed by atoms with van der Waals surface area (Å²) < 4.78 is 5.27. The van der Waals surface area contributed by atoms with Crippen LogP contribution in [0.1, 0.15) is 12.0 Å². The van der Waals surface area contributed by atoms with Crippen LogP contribution in [-0.4, -0.2) is 13.7 Å². The SMILES string of the molecule is COc1c(Cl)ccc2c1CCCN2. The molecule has 1 aromatic carbocycles. The zero-order valence-electron chi connectivity index (χ0n) is 7.56. The Kier molecular flexibility index (Phi) is 2.32. The van der Waals surface area contributed by atoms with Crippen LogP contribution in [0.15, 0.2) is 12.1 Å². The second kappa shape index (κ2) is 3.46. The molecule has 0 aliphatic carbocycles. The van der Waals surface area contributed by atoms with Gasteiger partial charge in [-0.05, 0) is 25.0 Å². The molecule has 0 radical (unpaired) electrons. The summed E-state index contributed by atoms with van der Waals surface area (Å²) in [6.07, 6.45) is 2.19. The second-order valence-electron chi connectivity index (χ2n) is 3.14. The van der Waals surface area contributed by atoms with Crippen molar-refractivity contribution in [3.05, 3.63) is 22.7 Å². The summed E-state index contributed by atoms with van der Waals surface area (Å²) in [7, 11) is 1.66. The number of halogens is 1. The molecule has 0 bridgehead atoms. The minimum absolute atomic E-state index is 0.699. The van der Waals surface area contributed by atoms with Gasteiger partial charge >= 0.3 is 0 Å². The van der Waals surface area contributed by atoms with E-state index in [9.17, 15) is 0 Å². The summed E-state index contributed by atoms with van der Waals surface area (Å²) in [5.41, 5.74) is 2.37. The van der Waals surface area contributed by atoms with Gasteiger partial charge in [-0.25, -0.2) is 0 Å². The fraction of sp³-hybridized carbons (Fsp3) is 0.400. The fourth-order valence-electron chi connectivity index (χ4n) is 1.72. The minimum Gasteiger partial charge on any atom is -0.495 e. The van der Waals surface area contributed by atoms with Gasteiger partial charge in [0, 0.05) is 17.8 Å². The molecule has 0 saturated heterocycles. The molecule has 0 atom stereocenters. The van der Waals surface area contributed by atoms with Crippen molar-refractivity contribution in [1.82, 2.24) is 0 Å². The molecular formula is C10H12ClNO. The summed E-state index contributed by atoms with van der Waals surface area (Å²) in [5, 5.41) is 4.02. The number of anilines is 1. The van der Waals surface area contributed by atoms with Gasteiger partial charge in [0.15, 0.2) is 0 Å². The molecule has 0 saturated carbocycles. The number of benzene rings is 1. The largest absolute Gasteiger partial charge is 0.495 e. The molecule has 3 heteroatoms. The third kappa shape index (κ3) is 1.46. The molecule has 2 nitrogen and oxygen atoms in total. The van der Waals surface area contributed by atoms with Crippen LogP contribution in [0.4, 0.5) is 5.69 Å². The van der Waals surface area contributed by atoms with Gasteiger partial charge in [-0.3, -0.25) is 0 Å². The van der Waals surface area contributed by atoms with Gasteiger partial charge in [-0.1, -0.05) is 11.6 Å². The van der Waals surface area contributed by atoms with E-state index in [1.807, 2.05) is 12.1 Å². The van der Waals surface area contributed by atoms with Gasteiger partial charge in [0.25, 0.3) is 0 Å². The van der Waals surface area contributed by atoms with Crippen LogP contribution in [0.3, 0.4) is 0 Å². The number of hydrogen-bond acceptors (Lipinski definition) is 2. The number of hydrogen-bond donors (Lipinski definition) is 1. The lowest BCUT2D eigenvalue weighted by Gasteiger charge is -2.20. The molecule has 0 amide bonds. The highest BCUT2D eigenvalue weighted by molar-refractivity contribution is 6.32. The van der Waals surface area contributed by atoms with Crippen molar-refractivity contribution in [3.63, 3.8) is 0 Å². The summed E-state index contributed by atoms with van der Waals surface area (Å²) in [6, 6.07) is 3.89. The van der Waals surface area contributed by atoms with Crippen LogP contribution in [0.25, 0.3) is 0 Å². The van der Waals surface area contributed by atoms with Crippen LogP contribution in [-0.2, 0) is 6.42 Å². The minimum atomic E-state index is 0.699. The molecule has 1 heterocycles. The Bertz CT molecular complexity index is 325. The van der Waals surface area contributed by atoms with Gasteiger partial charge in [-0.2, -0.15) is 0 Å². The molecule has 0 fully saturated rings. The van der Waals surface area contributed by atoms with Crippen molar-refractivity contribution >= 4 is 17.3 Å². The van der Waals surface area contributed by atoms with Crippen LogP contribution < -0.4 is 10.1 Å². The van der Waals surface area contributed by atoms with Gasteiger partial charge in [0.1, 0.15) is 5.75 Å². The van der Waals surface area contributed by atoms with E-state index in [0.29, 0.717) is 5.02 Å². The summed E-state index contributed by atoms with van der Waals surface area (Å²) >= 11 is 6.01. The summed E-state index contributed by atoms with van der Waals surface area (Å²) in [5.74, 6) is 0.825. The number of fused-ring (bicyclic) bond motifs is 1. The van der Waals surface area contributed by atoms with Crippen molar-refractivity contribution in [2.24, 2.45) is 0 Å². The van der Waals surface area contributed by atoms with Gasteiger partial charge in [0.2, 0.25) is 0 Å². The first kappa shape index (κ1) is 8.70. The van der Waals surface area contributed by atoms with Crippen molar-refractivity contribution in [3.8, 4) is 5.75 Å². The molecule has 70 valence electrons. The molecule has 13 heavy (non-hydrogen) atoms. The van der Waals surface area contributed by atoms with Crippen LogP contribution >= 0.6 is 11.6 Å². The Balaban J connectivity index is 2.52. The van der Waals surface area contributed by atoms with E-state index in [1.54, 1.807) is 7.11 Å². The summed E-state index contributed by atoms with van der Waals surface area (Å²) in [4.78, 5) is 0. The van der Waals surface area contributed by atoms with Crippen molar-refractivity contribution in [1.29, 1.82) is 0 Å². The van der Waals surface area contributed by atoms with Crippen LogP contribution in [0.5, 0.6) is 5.75 Å². The monoisotopic (exact) mass is 197 g/mol. The zero-order chi connectivity index (χ0) is 9.26. The van der Waals surface area contributed by atoms with E-state index in [-0.39, 0.29) is 0 Å². The van der Waals surface area contributed by atoms with E-state index in [4.69, 9.17) is 16.3 Å². The molecule has 1 aromatic rings. The summed E-state index contributed by atoms with van der Waals surface area (Å²) in [6.45, 7) is 1.04. The van der Waals surface area contributed by atoms with E-state index in [2.05, 4.69) is 5.32 Å². The van der Waals surface area contributed by atoms with Crippen LogP contribution in [0, 0.1) is 0 Å². The number of ether oxygens (including phenoxy) is 1.